The molecule has 4 aromatic carbocycles. The third-order valence-electron chi connectivity index (χ3n) is 6.29. The highest BCUT2D eigenvalue weighted by Gasteiger charge is 2.23. The number of benzene rings is 4. The van der Waals surface area contributed by atoms with E-state index in [1.54, 1.807) is 6.07 Å². The normalized spacial score (nSPS) is 11.4. The summed E-state index contributed by atoms with van der Waals surface area (Å²) in [6, 6.07) is 27.9. The fraction of sp³-hybridized carbons (Fsp3) is 0.194. The summed E-state index contributed by atoms with van der Waals surface area (Å²) in [7, 11) is 1.21. The molecule has 2 amide bonds. The van der Waals surface area contributed by atoms with Crippen molar-refractivity contribution in [2.24, 2.45) is 0 Å². The first-order valence-corrected chi connectivity index (χ1v) is 12.4. The Morgan fingerprint density at radius 3 is 2.34 bits per heavy atom. The molecule has 0 spiro atoms. The minimum absolute atomic E-state index is 0.0503. The maximum atomic E-state index is 12.9. The van der Waals surface area contributed by atoms with Crippen LogP contribution in [0.3, 0.4) is 0 Å². The van der Waals surface area contributed by atoms with Crippen molar-refractivity contribution in [2.45, 2.75) is 26.0 Å². The van der Waals surface area contributed by atoms with Crippen LogP contribution in [0.1, 0.15) is 28.4 Å². The molecule has 0 heterocycles. The van der Waals surface area contributed by atoms with Gasteiger partial charge in [0.2, 0.25) is 0 Å². The Morgan fingerprint density at radius 1 is 0.842 bits per heavy atom. The van der Waals surface area contributed by atoms with Crippen LogP contribution in [-0.2, 0) is 27.3 Å². The zero-order valence-corrected chi connectivity index (χ0v) is 21.4. The fourth-order valence-electron chi connectivity index (χ4n) is 4.29. The van der Waals surface area contributed by atoms with Gasteiger partial charge in [-0.25, -0.2) is 9.59 Å². The van der Waals surface area contributed by atoms with Crippen LogP contribution in [0.4, 0.5) is 4.79 Å². The van der Waals surface area contributed by atoms with Gasteiger partial charge in [0.15, 0.2) is 0 Å². The lowest BCUT2D eigenvalue weighted by atomic mass is 9.93. The van der Waals surface area contributed by atoms with Gasteiger partial charge in [-0.3, -0.25) is 4.79 Å². The fourth-order valence-corrected chi connectivity index (χ4v) is 4.29. The average Bonchev–Trinajstić information content (AvgIpc) is 2.97. The van der Waals surface area contributed by atoms with E-state index in [-0.39, 0.29) is 19.1 Å². The number of rotatable bonds is 9. The third kappa shape index (κ3) is 6.37. The van der Waals surface area contributed by atoms with E-state index in [2.05, 4.69) is 35.8 Å². The molecule has 2 N–H and O–H groups in total. The van der Waals surface area contributed by atoms with Crippen molar-refractivity contribution in [1.29, 1.82) is 0 Å². The van der Waals surface area contributed by atoms with Crippen LogP contribution in [0.25, 0.3) is 21.9 Å². The molecule has 4 aromatic rings. The number of alkyl carbamates (subject to hydrolysis) is 1. The topological polar surface area (TPSA) is 93.7 Å². The Labute approximate surface area is 221 Å². The molecule has 0 aliphatic rings. The summed E-state index contributed by atoms with van der Waals surface area (Å²) in [6.45, 7) is 2.02. The van der Waals surface area contributed by atoms with Gasteiger partial charge in [-0.2, -0.15) is 0 Å². The Bertz CT molecular complexity index is 1430. The van der Waals surface area contributed by atoms with E-state index in [0.29, 0.717) is 5.56 Å². The number of esters is 1. The molecule has 0 aromatic heterocycles. The summed E-state index contributed by atoms with van der Waals surface area (Å²) in [6.07, 6.45) is 0.131. The van der Waals surface area contributed by atoms with Gasteiger partial charge in [-0.15, -0.1) is 0 Å². The summed E-state index contributed by atoms with van der Waals surface area (Å²) >= 11 is 0. The van der Waals surface area contributed by atoms with Gasteiger partial charge >= 0.3 is 12.1 Å². The lowest BCUT2D eigenvalue weighted by Crippen LogP contribution is -2.49. The number of nitrogens with one attached hydrogen (secondary N) is 2. The first-order valence-electron chi connectivity index (χ1n) is 12.4. The molecule has 0 bridgehead atoms. The SMILES string of the molecule is CCc1ccccc1-c1cccc2cc(C(=O)NCC(NC(=O)OCc3ccccc3)C(=O)OC)ccc12. The molecular weight excluding hydrogens is 480 g/mol. The van der Waals surface area contributed by atoms with Crippen LogP contribution in [-0.4, -0.2) is 37.7 Å². The second kappa shape index (κ2) is 12.5. The molecular formula is C31H30N2O5. The predicted molar refractivity (Wildman–Crippen MR) is 147 cm³/mol. The van der Waals surface area contributed by atoms with Gasteiger partial charge in [0, 0.05) is 12.1 Å². The number of hydrogen-bond acceptors (Lipinski definition) is 5. The molecule has 4 rings (SSSR count). The number of amides is 2. The highest BCUT2D eigenvalue weighted by atomic mass is 16.6. The lowest BCUT2D eigenvalue weighted by Gasteiger charge is -2.17. The molecule has 0 saturated carbocycles. The van der Waals surface area contributed by atoms with E-state index in [1.807, 2.05) is 66.7 Å². The molecule has 0 aliphatic carbocycles. The molecule has 0 radical (unpaired) electrons. The maximum Gasteiger partial charge on any atom is 0.408 e. The first kappa shape index (κ1) is 26.4. The van der Waals surface area contributed by atoms with Gasteiger partial charge < -0.3 is 20.1 Å². The Balaban J connectivity index is 1.44. The van der Waals surface area contributed by atoms with E-state index in [9.17, 15) is 14.4 Å². The van der Waals surface area contributed by atoms with E-state index < -0.39 is 18.1 Å². The number of hydrogen-bond donors (Lipinski definition) is 2. The van der Waals surface area contributed by atoms with Crippen molar-refractivity contribution in [1.82, 2.24) is 10.6 Å². The van der Waals surface area contributed by atoms with Crippen molar-refractivity contribution < 1.29 is 23.9 Å². The number of methoxy groups -OCH3 is 1. The molecule has 38 heavy (non-hydrogen) atoms. The van der Waals surface area contributed by atoms with Crippen LogP contribution < -0.4 is 10.6 Å². The molecule has 0 aliphatic heterocycles. The summed E-state index contributed by atoms with van der Waals surface area (Å²) in [4.78, 5) is 37.4. The molecule has 1 atom stereocenters. The maximum absolute atomic E-state index is 12.9. The van der Waals surface area contributed by atoms with Crippen LogP contribution in [0.2, 0.25) is 0 Å². The third-order valence-corrected chi connectivity index (χ3v) is 6.29. The monoisotopic (exact) mass is 510 g/mol. The number of ether oxygens (including phenoxy) is 2. The van der Waals surface area contributed by atoms with E-state index in [1.165, 1.54) is 18.2 Å². The largest absolute Gasteiger partial charge is 0.467 e. The Morgan fingerprint density at radius 2 is 1.58 bits per heavy atom. The standard InChI is InChI=1S/C31H30N2O5/c1-3-22-12-7-8-14-25(22)27-15-9-13-23-18-24(16-17-26(23)27)29(34)32-19-28(30(35)37-2)33-31(36)38-20-21-10-5-4-6-11-21/h4-18,28H,3,19-20H2,1-2H3,(H,32,34)(H,33,36). The van der Waals surface area contributed by atoms with E-state index >= 15 is 0 Å². The predicted octanol–water partition coefficient (Wildman–Crippen LogP) is 5.27. The molecule has 1 unspecified atom stereocenters. The highest BCUT2D eigenvalue weighted by molar-refractivity contribution is 6.03. The van der Waals surface area contributed by atoms with Crippen LogP contribution in [0, 0.1) is 0 Å². The van der Waals surface area contributed by atoms with E-state index in [0.717, 1.165) is 28.3 Å². The van der Waals surface area contributed by atoms with Crippen molar-refractivity contribution >= 4 is 28.7 Å². The second-order valence-electron chi connectivity index (χ2n) is 8.74. The summed E-state index contributed by atoms with van der Waals surface area (Å²) in [5.41, 5.74) is 4.78. The molecule has 0 saturated heterocycles. The highest BCUT2D eigenvalue weighted by Crippen LogP contribution is 2.31. The molecule has 7 heteroatoms. The van der Waals surface area contributed by atoms with Gasteiger partial charge in [-0.05, 0) is 51.6 Å². The average molecular weight is 511 g/mol. The van der Waals surface area contributed by atoms with Crippen molar-refractivity contribution in [2.75, 3.05) is 13.7 Å². The molecule has 0 fully saturated rings. The summed E-state index contributed by atoms with van der Waals surface area (Å²) in [5, 5.41) is 7.14. The van der Waals surface area contributed by atoms with Crippen LogP contribution in [0.5, 0.6) is 0 Å². The number of carbonyl (C=O) groups excluding carboxylic acids is 3. The van der Waals surface area contributed by atoms with Crippen molar-refractivity contribution in [3.63, 3.8) is 0 Å². The molecule has 7 nitrogen and oxygen atoms in total. The Hall–Kier alpha value is -4.65. The van der Waals surface area contributed by atoms with Gasteiger partial charge in [0.05, 0.1) is 7.11 Å². The van der Waals surface area contributed by atoms with E-state index in [4.69, 9.17) is 9.47 Å². The smallest absolute Gasteiger partial charge is 0.408 e. The van der Waals surface area contributed by atoms with Gasteiger partial charge in [0.1, 0.15) is 12.6 Å². The zero-order chi connectivity index (χ0) is 26.9. The lowest BCUT2D eigenvalue weighted by molar-refractivity contribution is -0.142. The first-order chi connectivity index (χ1) is 18.5. The number of carbonyl (C=O) groups is 3. The summed E-state index contributed by atoms with van der Waals surface area (Å²) < 4.78 is 9.97. The second-order valence-corrected chi connectivity index (χ2v) is 8.74. The minimum Gasteiger partial charge on any atom is -0.467 e. The van der Waals surface area contributed by atoms with Crippen LogP contribution >= 0.6 is 0 Å². The Kier molecular flexibility index (Phi) is 8.72. The minimum atomic E-state index is -1.11. The summed E-state index contributed by atoms with van der Waals surface area (Å²) in [5.74, 6) is -1.07. The quantitative estimate of drug-likeness (QED) is 0.299. The van der Waals surface area contributed by atoms with Gasteiger partial charge in [0.25, 0.3) is 5.91 Å². The van der Waals surface area contributed by atoms with Crippen LogP contribution in [0.15, 0.2) is 91.0 Å². The molecule has 194 valence electrons. The number of aryl methyl sites for hydroxylation is 1. The van der Waals surface area contributed by atoms with Crippen molar-refractivity contribution in [3.8, 4) is 11.1 Å². The zero-order valence-electron chi connectivity index (χ0n) is 21.4. The van der Waals surface area contributed by atoms with Crippen molar-refractivity contribution in [3.05, 3.63) is 108 Å². The number of fused-ring (bicyclic) bond motifs is 1. The van der Waals surface area contributed by atoms with Gasteiger partial charge in [-0.1, -0.05) is 85.8 Å².